The smallest absolute Gasteiger partial charge is 0.274 e. The maximum absolute atomic E-state index is 12.7. The van der Waals surface area contributed by atoms with Crippen molar-refractivity contribution in [3.05, 3.63) is 18.0 Å². The molecule has 1 amide bonds. The van der Waals surface area contributed by atoms with Crippen molar-refractivity contribution >= 4 is 5.91 Å². The van der Waals surface area contributed by atoms with E-state index >= 15 is 0 Å². The van der Waals surface area contributed by atoms with E-state index in [9.17, 15) is 9.90 Å². The van der Waals surface area contributed by atoms with E-state index in [4.69, 9.17) is 0 Å². The summed E-state index contributed by atoms with van der Waals surface area (Å²) in [5.41, 5.74) is 0.548. The van der Waals surface area contributed by atoms with Gasteiger partial charge in [-0.1, -0.05) is 0 Å². The molecule has 3 aliphatic rings. The quantitative estimate of drug-likeness (QED) is 0.904. The molecule has 1 N–H and O–H groups in total. The van der Waals surface area contributed by atoms with Gasteiger partial charge in [0.05, 0.1) is 6.10 Å². The number of nitrogens with zero attached hydrogens (tertiary/aromatic N) is 4. The summed E-state index contributed by atoms with van der Waals surface area (Å²) in [6, 6.07) is 2.11. The van der Waals surface area contributed by atoms with Gasteiger partial charge in [0.1, 0.15) is 5.69 Å². The molecule has 4 rings (SSSR count). The maximum Gasteiger partial charge on any atom is 0.274 e. The highest BCUT2D eigenvalue weighted by molar-refractivity contribution is 5.92. The first kappa shape index (κ1) is 16.1. The van der Waals surface area contributed by atoms with Crippen LogP contribution < -0.4 is 0 Å². The number of aromatic nitrogens is 2. The van der Waals surface area contributed by atoms with Gasteiger partial charge in [-0.2, -0.15) is 5.10 Å². The van der Waals surface area contributed by atoms with E-state index in [1.54, 1.807) is 4.68 Å². The lowest BCUT2D eigenvalue weighted by molar-refractivity contribution is -0.000864. The highest BCUT2D eigenvalue weighted by atomic mass is 16.3. The van der Waals surface area contributed by atoms with Gasteiger partial charge < -0.3 is 10.0 Å². The number of aliphatic hydroxyl groups excluding tert-OH is 1. The molecule has 2 aliphatic heterocycles. The summed E-state index contributed by atoms with van der Waals surface area (Å²) in [4.78, 5) is 17.1. The Labute approximate surface area is 143 Å². The molecule has 0 radical (unpaired) electrons. The number of fused-ring (bicyclic) bond motifs is 1. The predicted molar refractivity (Wildman–Crippen MR) is 90.6 cm³/mol. The molecule has 24 heavy (non-hydrogen) atoms. The second-order valence-electron chi connectivity index (χ2n) is 7.64. The molecule has 0 aromatic carbocycles. The van der Waals surface area contributed by atoms with E-state index < -0.39 is 0 Å². The van der Waals surface area contributed by atoms with Crippen molar-refractivity contribution in [3.8, 4) is 0 Å². The van der Waals surface area contributed by atoms with E-state index in [0.29, 0.717) is 23.6 Å². The fourth-order valence-corrected chi connectivity index (χ4v) is 4.85. The molecular weight excluding hydrogens is 304 g/mol. The van der Waals surface area contributed by atoms with E-state index in [2.05, 4.69) is 10.00 Å². The lowest BCUT2D eigenvalue weighted by Crippen LogP contribution is -2.48. The van der Waals surface area contributed by atoms with Gasteiger partial charge in [0.15, 0.2) is 0 Å². The highest BCUT2D eigenvalue weighted by Crippen LogP contribution is 2.39. The van der Waals surface area contributed by atoms with E-state index in [1.165, 1.54) is 12.8 Å². The minimum absolute atomic E-state index is 0.0452. The van der Waals surface area contributed by atoms with Crippen molar-refractivity contribution in [2.45, 2.75) is 51.3 Å². The first-order chi connectivity index (χ1) is 11.7. The topological polar surface area (TPSA) is 61.6 Å². The number of carbonyl (C=O) groups excluding carboxylic acids is 1. The number of rotatable bonds is 3. The Bertz CT molecular complexity index is 596. The number of carbonyl (C=O) groups is 1. The van der Waals surface area contributed by atoms with Gasteiger partial charge in [-0.25, -0.2) is 0 Å². The Morgan fingerprint density at radius 2 is 1.96 bits per heavy atom. The Kier molecular flexibility index (Phi) is 4.35. The molecule has 6 heteroatoms. The van der Waals surface area contributed by atoms with Crippen LogP contribution in [0.1, 0.15) is 43.1 Å². The van der Waals surface area contributed by atoms with Crippen LogP contribution in [0.3, 0.4) is 0 Å². The van der Waals surface area contributed by atoms with E-state index in [1.807, 2.05) is 24.1 Å². The first-order valence-electron chi connectivity index (χ1n) is 9.40. The van der Waals surface area contributed by atoms with Crippen molar-refractivity contribution in [3.63, 3.8) is 0 Å². The third-order valence-corrected chi connectivity index (χ3v) is 6.19. The second-order valence-corrected chi connectivity index (χ2v) is 7.64. The monoisotopic (exact) mass is 332 g/mol. The van der Waals surface area contributed by atoms with Crippen LogP contribution in [0.15, 0.2) is 12.3 Å². The van der Waals surface area contributed by atoms with Crippen molar-refractivity contribution in [2.24, 2.45) is 11.8 Å². The largest absolute Gasteiger partial charge is 0.391 e. The van der Waals surface area contributed by atoms with Gasteiger partial charge >= 0.3 is 0 Å². The standard InChI is InChI=1S/C18H28N4O2/c1-2-22-8-5-15(19-22)18(24)21-11-13-9-16(20-6-3-4-7-20)17(23)10-14(13)12-21/h5,8,13-14,16-17,23H,2-4,6-7,9-12H2,1H3/t13-,14+,16-,17-/m1/s1. The Hall–Kier alpha value is -1.40. The average Bonchev–Trinajstić information content (AvgIpc) is 3.32. The second kappa shape index (κ2) is 6.48. The van der Waals surface area contributed by atoms with E-state index in [-0.39, 0.29) is 12.0 Å². The normalized spacial score (nSPS) is 33.8. The lowest BCUT2D eigenvalue weighted by atomic mass is 9.77. The van der Waals surface area contributed by atoms with Gasteiger partial charge in [0.2, 0.25) is 0 Å². The van der Waals surface area contributed by atoms with E-state index in [0.717, 1.165) is 45.6 Å². The number of likely N-dealkylation sites (tertiary alicyclic amines) is 2. The van der Waals surface area contributed by atoms with Crippen LogP contribution in [-0.2, 0) is 6.54 Å². The molecule has 4 atom stereocenters. The van der Waals surface area contributed by atoms with Gasteiger partial charge in [-0.05, 0) is 63.6 Å². The summed E-state index contributed by atoms with van der Waals surface area (Å²) >= 11 is 0. The van der Waals surface area contributed by atoms with Crippen molar-refractivity contribution in [1.29, 1.82) is 0 Å². The van der Waals surface area contributed by atoms with Gasteiger partial charge in [0.25, 0.3) is 5.91 Å². The summed E-state index contributed by atoms with van der Waals surface area (Å²) in [6.07, 6.45) is 5.99. The molecular formula is C18H28N4O2. The molecule has 3 heterocycles. The molecule has 3 fully saturated rings. The zero-order valence-corrected chi connectivity index (χ0v) is 14.5. The fourth-order valence-electron chi connectivity index (χ4n) is 4.85. The summed E-state index contributed by atoms with van der Waals surface area (Å²) in [6.45, 7) is 6.63. The van der Waals surface area contributed by atoms with Crippen molar-refractivity contribution < 1.29 is 9.90 Å². The predicted octanol–water partition coefficient (Wildman–Crippen LogP) is 1.21. The molecule has 0 unspecified atom stereocenters. The number of aryl methyl sites for hydroxylation is 1. The van der Waals surface area contributed by atoms with Crippen LogP contribution in [-0.4, -0.2) is 68.9 Å². The molecule has 0 bridgehead atoms. The molecule has 1 aromatic heterocycles. The zero-order chi connectivity index (χ0) is 16.7. The van der Waals surface area contributed by atoms with Crippen LogP contribution in [0.2, 0.25) is 0 Å². The molecule has 0 spiro atoms. The molecule has 1 aromatic rings. The summed E-state index contributed by atoms with van der Waals surface area (Å²) in [5, 5.41) is 14.9. The fraction of sp³-hybridized carbons (Fsp3) is 0.778. The van der Waals surface area contributed by atoms with Crippen LogP contribution in [0.4, 0.5) is 0 Å². The average molecular weight is 332 g/mol. The summed E-state index contributed by atoms with van der Waals surface area (Å²) in [7, 11) is 0. The number of aliphatic hydroxyl groups is 1. The minimum atomic E-state index is -0.237. The van der Waals surface area contributed by atoms with Gasteiger partial charge in [-0.15, -0.1) is 0 Å². The van der Waals surface area contributed by atoms with Gasteiger partial charge in [0, 0.05) is 31.9 Å². The molecule has 1 saturated carbocycles. The zero-order valence-electron chi connectivity index (χ0n) is 14.5. The Balaban J connectivity index is 1.42. The van der Waals surface area contributed by atoms with Crippen molar-refractivity contribution in [2.75, 3.05) is 26.2 Å². The third-order valence-electron chi connectivity index (χ3n) is 6.19. The molecule has 6 nitrogen and oxygen atoms in total. The molecule has 2 saturated heterocycles. The summed E-state index contributed by atoms with van der Waals surface area (Å²) in [5.74, 6) is 1.01. The number of amides is 1. The van der Waals surface area contributed by atoms with Crippen LogP contribution in [0.5, 0.6) is 0 Å². The van der Waals surface area contributed by atoms with Crippen LogP contribution >= 0.6 is 0 Å². The first-order valence-corrected chi connectivity index (χ1v) is 9.40. The molecule has 1 aliphatic carbocycles. The number of hydrogen-bond acceptors (Lipinski definition) is 4. The third kappa shape index (κ3) is 2.86. The maximum atomic E-state index is 12.7. The van der Waals surface area contributed by atoms with Crippen LogP contribution in [0.25, 0.3) is 0 Å². The van der Waals surface area contributed by atoms with Crippen molar-refractivity contribution in [1.82, 2.24) is 19.6 Å². The van der Waals surface area contributed by atoms with Gasteiger partial charge in [-0.3, -0.25) is 14.4 Å². The SMILES string of the molecule is CCn1ccc(C(=O)N2C[C@H]3C[C@@H](N4CCCC4)[C@H](O)C[C@H]3C2)n1. The Morgan fingerprint density at radius 1 is 1.25 bits per heavy atom. The minimum Gasteiger partial charge on any atom is -0.391 e. The summed E-state index contributed by atoms with van der Waals surface area (Å²) < 4.78 is 1.80. The molecule has 132 valence electrons. The van der Waals surface area contributed by atoms with Crippen LogP contribution in [0, 0.1) is 11.8 Å². The number of hydrogen-bond donors (Lipinski definition) is 1. The Morgan fingerprint density at radius 3 is 2.62 bits per heavy atom. The highest BCUT2D eigenvalue weighted by Gasteiger charge is 2.45. The lowest BCUT2D eigenvalue weighted by Gasteiger charge is -2.40.